The first-order valence-electron chi connectivity index (χ1n) is 13.0. The SMILES string of the molecule is Nc1ccc(F)c(-c2ccn3nccc(Oc4ccc(CC(=O)C5(C(=O)Cc6ccc(F)cc6)CC5)cc4F)c23)c1. The van der Waals surface area contributed by atoms with E-state index in [1.807, 2.05) is 0 Å². The van der Waals surface area contributed by atoms with Gasteiger partial charge in [-0.2, -0.15) is 5.10 Å². The Morgan fingerprint density at radius 2 is 1.51 bits per heavy atom. The molecule has 1 aliphatic carbocycles. The van der Waals surface area contributed by atoms with Gasteiger partial charge >= 0.3 is 0 Å². The fourth-order valence-corrected chi connectivity index (χ4v) is 5.07. The van der Waals surface area contributed by atoms with Crippen molar-refractivity contribution in [3.63, 3.8) is 0 Å². The van der Waals surface area contributed by atoms with Crippen molar-refractivity contribution in [3.05, 3.63) is 114 Å². The lowest BCUT2D eigenvalue weighted by Crippen LogP contribution is -2.28. The molecule has 9 heteroatoms. The second-order valence-corrected chi connectivity index (χ2v) is 10.2. The molecule has 0 saturated heterocycles. The predicted molar refractivity (Wildman–Crippen MR) is 147 cm³/mol. The molecule has 0 aliphatic heterocycles. The van der Waals surface area contributed by atoms with Crippen molar-refractivity contribution in [3.8, 4) is 22.6 Å². The van der Waals surface area contributed by atoms with Crippen LogP contribution in [0.1, 0.15) is 24.0 Å². The Hall–Kier alpha value is -4.92. The van der Waals surface area contributed by atoms with Crippen LogP contribution >= 0.6 is 0 Å². The largest absolute Gasteiger partial charge is 0.452 e. The van der Waals surface area contributed by atoms with E-state index in [0.29, 0.717) is 40.7 Å². The normalized spacial score (nSPS) is 13.7. The first-order valence-corrected chi connectivity index (χ1v) is 13.0. The molecule has 0 radical (unpaired) electrons. The van der Waals surface area contributed by atoms with Crippen molar-refractivity contribution in [1.29, 1.82) is 0 Å². The molecule has 1 fully saturated rings. The van der Waals surface area contributed by atoms with Gasteiger partial charge in [-0.1, -0.05) is 18.2 Å². The third-order valence-electron chi connectivity index (χ3n) is 7.47. The number of Topliss-reactive ketones (excluding diaryl/α,β-unsaturated/α-hetero) is 2. The summed E-state index contributed by atoms with van der Waals surface area (Å²) in [4.78, 5) is 26.1. The standard InChI is InChI=1S/C32H24F3N3O3/c33-21-4-1-19(2-5-21)16-29(39)32(11-12-32)30(40)17-20-3-8-27(26(35)15-20)41-28-9-13-37-38-14-10-23(31(28)38)24-18-22(36)6-7-25(24)34/h1-10,13-15,18H,11-12,16-17,36H2. The molecular formula is C32H24F3N3O3. The summed E-state index contributed by atoms with van der Waals surface area (Å²) < 4.78 is 50.5. The third-order valence-corrected chi connectivity index (χ3v) is 7.47. The number of carbonyl (C=O) groups is 2. The summed E-state index contributed by atoms with van der Waals surface area (Å²) in [6.07, 6.45) is 3.93. The number of hydrogen-bond acceptors (Lipinski definition) is 5. The number of nitrogens with zero attached hydrogens (tertiary/aromatic N) is 2. The Balaban J connectivity index is 1.21. The van der Waals surface area contributed by atoms with Crippen LogP contribution in [0.25, 0.3) is 16.6 Å². The van der Waals surface area contributed by atoms with Gasteiger partial charge in [0.05, 0.1) is 11.6 Å². The van der Waals surface area contributed by atoms with Gasteiger partial charge in [-0.3, -0.25) is 9.59 Å². The zero-order valence-corrected chi connectivity index (χ0v) is 21.7. The quantitative estimate of drug-likeness (QED) is 0.166. The molecule has 6 rings (SSSR count). The van der Waals surface area contributed by atoms with E-state index in [-0.39, 0.29) is 41.5 Å². The summed E-state index contributed by atoms with van der Waals surface area (Å²) in [7, 11) is 0. The molecule has 2 aromatic heterocycles. The summed E-state index contributed by atoms with van der Waals surface area (Å²) in [6.45, 7) is 0. The predicted octanol–water partition coefficient (Wildman–Crippen LogP) is 6.50. The highest BCUT2D eigenvalue weighted by molar-refractivity contribution is 6.11. The van der Waals surface area contributed by atoms with Crippen molar-refractivity contribution < 1.29 is 27.5 Å². The van der Waals surface area contributed by atoms with E-state index in [2.05, 4.69) is 5.10 Å². The number of aromatic nitrogens is 2. The average molecular weight is 556 g/mol. The number of anilines is 1. The first kappa shape index (κ1) is 26.3. The number of nitrogen functional groups attached to an aromatic ring is 1. The lowest BCUT2D eigenvalue weighted by Gasteiger charge is -2.14. The minimum absolute atomic E-state index is 0.0365. The van der Waals surface area contributed by atoms with Gasteiger partial charge < -0.3 is 10.5 Å². The maximum absolute atomic E-state index is 15.2. The summed E-state index contributed by atoms with van der Waals surface area (Å²) in [5, 5.41) is 4.23. The Morgan fingerprint density at radius 3 is 2.22 bits per heavy atom. The van der Waals surface area contributed by atoms with Crippen LogP contribution in [0.15, 0.2) is 85.2 Å². The van der Waals surface area contributed by atoms with E-state index in [4.69, 9.17) is 10.5 Å². The second-order valence-electron chi connectivity index (χ2n) is 10.2. The molecule has 6 nitrogen and oxygen atoms in total. The van der Waals surface area contributed by atoms with E-state index in [1.54, 1.807) is 24.4 Å². The zero-order valence-electron chi connectivity index (χ0n) is 21.7. The van der Waals surface area contributed by atoms with E-state index in [0.717, 1.165) is 0 Å². The number of ketones is 2. The van der Waals surface area contributed by atoms with Gasteiger partial charge in [-0.05, 0) is 72.5 Å². The Labute approximate surface area is 233 Å². The molecule has 2 heterocycles. The van der Waals surface area contributed by atoms with E-state index in [9.17, 15) is 18.4 Å². The number of carbonyl (C=O) groups excluding carboxylic acids is 2. The van der Waals surface area contributed by atoms with E-state index in [1.165, 1.54) is 65.3 Å². The van der Waals surface area contributed by atoms with Crippen molar-refractivity contribution in [2.45, 2.75) is 25.7 Å². The molecule has 3 aromatic carbocycles. The summed E-state index contributed by atoms with van der Waals surface area (Å²) in [5.41, 5.74) is 7.37. The molecule has 2 N–H and O–H groups in total. The van der Waals surface area contributed by atoms with Gasteiger partial charge in [0.25, 0.3) is 0 Å². The smallest absolute Gasteiger partial charge is 0.166 e. The summed E-state index contributed by atoms with van der Waals surface area (Å²) in [6, 6.07) is 17.3. The molecule has 0 unspecified atom stereocenters. The lowest BCUT2D eigenvalue weighted by atomic mass is 9.88. The average Bonchev–Trinajstić information content (AvgIpc) is 3.66. The fraction of sp³-hybridized carbons (Fsp3) is 0.156. The number of hydrogen-bond donors (Lipinski definition) is 1. The molecule has 1 saturated carbocycles. The zero-order chi connectivity index (χ0) is 28.7. The highest BCUT2D eigenvalue weighted by Crippen LogP contribution is 2.49. The molecular weight excluding hydrogens is 531 g/mol. The van der Waals surface area contributed by atoms with Crippen molar-refractivity contribution >= 4 is 22.8 Å². The Kier molecular flexibility index (Phi) is 6.57. The lowest BCUT2D eigenvalue weighted by molar-refractivity contribution is -0.133. The van der Waals surface area contributed by atoms with Crippen LogP contribution < -0.4 is 10.5 Å². The van der Waals surface area contributed by atoms with Crippen LogP contribution in [0, 0.1) is 22.9 Å². The highest BCUT2D eigenvalue weighted by Gasteiger charge is 2.54. The van der Waals surface area contributed by atoms with Crippen LogP contribution in [0.5, 0.6) is 11.5 Å². The monoisotopic (exact) mass is 555 g/mol. The third kappa shape index (κ3) is 5.06. The van der Waals surface area contributed by atoms with Crippen LogP contribution in [0.4, 0.5) is 18.9 Å². The molecule has 5 aromatic rings. The molecule has 0 amide bonds. The van der Waals surface area contributed by atoms with Crippen LogP contribution in [0.2, 0.25) is 0 Å². The molecule has 1 aliphatic rings. The number of fused-ring (bicyclic) bond motifs is 1. The highest BCUT2D eigenvalue weighted by atomic mass is 19.1. The summed E-state index contributed by atoms with van der Waals surface area (Å²) >= 11 is 0. The number of ether oxygens (including phenoxy) is 1. The van der Waals surface area contributed by atoms with Gasteiger partial charge in [-0.15, -0.1) is 0 Å². The van der Waals surface area contributed by atoms with Gasteiger partial charge in [-0.25, -0.2) is 17.7 Å². The number of nitrogens with two attached hydrogens (primary N) is 1. The topological polar surface area (TPSA) is 86.7 Å². The van der Waals surface area contributed by atoms with E-state index < -0.39 is 22.9 Å². The van der Waals surface area contributed by atoms with Crippen molar-refractivity contribution in [2.75, 3.05) is 5.73 Å². The minimum atomic E-state index is -1.08. The second kappa shape index (κ2) is 10.2. The number of halogens is 3. The number of benzene rings is 3. The molecule has 0 atom stereocenters. The molecule has 0 spiro atoms. The maximum Gasteiger partial charge on any atom is 0.166 e. The first-order chi connectivity index (χ1) is 19.7. The molecule has 41 heavy (non-hydrogen) atoms. The van der Waals surface area contributed by atoms with Gasteiger partial charge in [0.15, 0.2) is 28.9 Å². The van der Waals surface area contributed by atoms with Gasteiger partial charge in [0.1, 0.15) is 17.2 Å². The van der Waals surface area contributed by atoms with Crippen LogP contribution in [0.3, 0.4) is 0 Å². The Morgan fingerprint density at radius 1 is 0.805 bits per heavy atom. The molecule has 206 valence electrons. The Bertz CT molecular complexity index is 1810. The fourth-order valence-electron chi connectivity index (χ4n) is 5.07. The minimum Gasteiger partial charge on any atom is -0.452 e. The van der Waals surface area contributed by atoms with Gasteiger partial charge in [0.2, 0.25) is 0 Å². The van der Waals surface area contributed by atoms with Crippen molar-refractivity contribution in [1.82, 2.24) is 9.61 Å². The van der Waals surface area contributed by atoms with Crippen LogP contribution in [-0.2, 0) is 22.4 Å². The van der Waals surface area contributed by atoms with Crippen molar-refractivity contribution in [2.24, 2.45) is 5.41 Å². The van der Waals surface area contributed by atoms with E-state index >= 15 is 4.39 Å². The van der Waals surface area contributed by atoms with Gasteiger partial charge in [0, 0.05) is 41.9 Å². The summed E-state index contributed by atoms with van der Waals surface area (Å²) in [5.74, 6) is -1.91. The maximum atomic E-state index is 15.2. The molecule has 0 bridgehead atoms. The van der Waals surface area contributed by atoms with Crippen LogP contribution in [-0.4, -0.2) is 21.2 Å². The number of rotatable bonds is 9.